The number of hydrogen-bond donors (Lipinski definition) is 1. The monoisotopic (exact) mass is 298 g/mol. The van der Waals surface area contributed by atoms with Gasteiger partial charge in [0, 0.05) is 17.6 Å². The lowest BCUT2D eigenvalue weighted by Gasteiger charge is -2.39. The van der Waals surface area contributed by atoms with Crippen LogP contribution in [0.5, 0.6) is 0 Å². The molecule has 0 amide bonds. The van der Waals surface area contributed by atoms with Crippen LogP contribution in [0.4, 0.5) is 4.39 Å². The van der Waals surface area contributed by atoms with Crippen LogP contribution in [0.3, 0.4) is 0 Å². The molecule has 0 heterocycles. The van der Waals surface area contributed by atoms with Gasteiger partial charge in [0.2, 0.25) is 0 Å². The predicted molar refractivity (Wildman–Crippen MR) is 82.3 cm³/mol. The van der Waals surface area contributed by atoms with E-state index in [2.05, 4.69) is 11.8 Å². The van der Waals surface area contributed by atoms with Gasteiger partial charge in [0.05, 0.1) is 0 Å². The second-order valence-electron chi connectivity index (χ2n) is 5.69. The molecule has 1 fully saturated rings. The van der Waals surface area contributed by atoms with Gasteiger partial charge >= 0.3 is 0 Å². The molecular formula is C16H24ClFN2. The Balaban J connectivity index is 2.11. The zero-order chi connectivity index (χ0) is 14.5. The number of halogens is 2. The summed E-state index contributed by atoms with van der Waals surface area (Å²) in [6.07, 6.45) is 4.95. The Bertz CT molecular complexity index is 418. The van der Waals surface area contributed by atoms with Gasteiger partial charge < -0.3 is 5.73 Å². The van der Waals surface area contributed by atoms with Gasteiger partial charge in [-0.15, -0.1) is 0 Å². The summed E-state index contributed by atoms with van der Waals surface area (Å²) < 4.78 is 13.4. The van der Waals surface area contributed by atoms with Crippen molar-refractivity contribution in [2.45, 2.75) is 45.2 Å². The number of nitrogens with two attached hydrogens (primary N) is 1. The Morgan fingerprint density at radius 2 is 2.05 bits per heavy atom. The molecule has 2 N–H and O–H groups in total. The molecule has 0 aliphatic heterocycles. The Labute approximate surface area is 126 Å². The molecule has 0 spiro atoms. The number of benzene rings is 1. The fraction of sp³-hybridized carbons (Fsp3) is 0.625. The standard InChI is InChI=1S/C16H24ClFN2/c1-2-20(16-6-4-3-5-13(16)10-19)11-12-7-14(17)9-15(18)8-12/h7-9,13,16H,2-6,10-11,19H2,1H3. The van der Waals surface area contributed by atoms with Gasteiger partial charge in [0.15, 0.2) is 0 Å². The molecule has 20 heavy (non-hydrogen) atoms. The van der Waals surface area contributed by atoms with E-state index < -0.39 is 0 Å². The van der Waals surface area contributed by atoms with E-state index in [0.717, 1.165) is 25.2 Å². The van der Waals surface area contributed by atoms with Crippen LogP contribution in [0.2, 0.25) is 5.02 Å². The van der Waals surface area contributed by atoms with Crippen LogP contribution >= 0.6 is 11.6 Å². The summed E-state index contributed by atoms with van der Waals surface area (Å²) >= 11 is 5.94. The highest BCUT2D eigenvalue weighted by Crippen LogP contribution is 2.29. The SMILES string of the molecule is CCN(Cc1cc(F)cc(Cl)c1)C1CCCCC1CN. The quantitative estimate of drug-likeness (QED) is 0.895. The molecule has 2 rings (SSSR count). The van der Waals surface area contributed by atoms with Gasteiger partial charge in [-0.1, -0.05) is 31.4 Å². The van der Waals surface area contributed by atoms with Crippen molar-refractivity contribution < 1.29 is 4.39 Å². The first-order valence-electron chi connectivity index (χ1n) is 7.53. The van der Waals surface area contributed by atoms with E-state index in [1.54, 1.807) is 6.07 Å². The van der Waals surface area contributed by atoms with Crippen molar-refractivity contribution in [3.8, 4) is 0 Å². The normalized spacial score (nSPS) is 23.2. The van der Waals surface area contributed by atoms with Crippen molar-refractivity contribution in [2.75, 3.05) is 13.1 Å². The fourth-order valence-corrected chi connectivity index (χ4v) is 3.59. The van der Waals surface area contributed by atoms with Gasteiger partial charge in [0.1, 0.15) is 5.82 Å². The first kappa shape index (κ1) is 15.7. The van der Waals surface area contributed by atoms with E-state index >= 15 is 0 Å². The zero-order valence-corrected chi connectivity index (χ0v) is 12.9. The molecule has 1 saturated carbocycles. The summed E-state index contributed by atoms with van der Waals surface area (Å²) in [6, 6.07) is 5.30. The summed E-state index contributed by atoms with van der Waals surface area (Å²) in [5, 5.41) is 0.468. The molecule has 2 atom stereocenters. The maximum Gasteiger partial charge on any atom is 0.125 e. The highest BCUT2D eigenvalue weighted by atomic mass is 35.5. The molecule has 112 valence electrons. The highest BCUT2D eigenvalue weighted by molar-refractivity contribution is 6.30. The molecule has 0 radical (unpaired) electrons. The lowest BCUT2D eigenvalue weighted by atomic mass is 9.83. The summed E-state index contributed by atoms with van der Waals surface area (Å²) in [4.78, 5) is 2.42. The Hall–Kier alpha value is -0.640. The molecule has 1 aliphatic rings. The van der Waals surface area contributed by atoms with E-state index in [4.69, 9.17) is 17.3 Å². The summed E-state index contributed by atoms with van der Waals surface area (Å²) in [5.74, 6) is 0.301. The van der Waals surface area contributed by atoms with E-state index in [-0.39, 0.29) is 5.82 Å². The number of nitrogens with zero attached hydrogens (tertiary/aromatic N) is 1. The molecule has 1 aliphatic carbocycles. The van der Waals surface area contributed by atoms with Gasteiger partial charge in [-0.2, -0.15) is 0 Å². The third-order valence-electron chi connectivity index (χ3n) is 4.35. The molecule has 0 bridgehead atoms. The Morgan fingerprint density at radius 1 is 1.30 bits per heavy atom. The largest absolute Gasteiger partial charge is 0.330 e. The third kappa shape index (κ3) is 3.94. The Morgan fingerprint density at radius 3 is 2.70 bits per heavy atom. The van der Waals surface area contributed by atoms with Crippen molar-refractivity contribution in [2.24, 2.45) is 11.7 Å². The van der Waals surface area contributed by atoms with Gasteiger partial charge in [-0.25, -0.2) is 4.39 Å². The maximum atomic E-state index is 13.4. The van der Waals surface area contributed by atoms with Gasteiger partial charge in [0.25, 0.3) is 0 Å². The lowest BCUT2D eigenvalue weighted by molar-refractivity contribution is 0.105. The number of hydrogen-bond acceptors (Lipinski definition) is 2. The average Bonchev–Trinajstić information content (AvgIpc) is 2.43. The van der Waals surface area contributed by atoms with E-state index in [1.807, 2.05) is 6.07 Å². The van der Waals surface area contributed by atoms with Crippen molar-refractivity contribution in [1.82, 2.24) is 4.90 Å². The van der Waals surface area contributed by atoms with E-state index in [1.165, 1.54) is 31.7 Å². The van der Waals surface area contributed by atoms with E-state index in [0.29, 0.717) is 17.0 Å². The smallest absolute Gasteiger partial charge is 0.125 e. The highest BCUT2D eigenvalue weighted by Gasteiger charge is 2.28. The summed E-state index contributed by atoms with van der Waals surface area (Å²) in [7, 11) is 0. The van der Waals surface area contributed by atoms with E-state index in [9.17, 15) is 4.39 Å². The molecular weight excluding hydrogens is 275 g/mol. The molecule has 0 aromatic heterocycles. The minimum atomic E-state index is -0.262. The number of rotatable bonds is 5. The van der Waals surface area contributed by atoms with Crippen molar-refractivity contribution >= 4 is 11.6 Å². The second kappa shape index (κ2) is 7.39. The molecule has 1 aromatic rings. The van der Waals surface area contributed by atoms with Crippen molar-refractivity contribution in [3.63, 3.8) is 0 Å². The molecule has 2 unspecified atom stereocenters. The van der Waals surface area contributed by atoms with Crippen LogP contribution in [0.25, 0.3) is 0 Å². The first-order chi connectivity index (χ1) is 9.63. The Kier molecular flexibility index (Phi) is 5.82. The van der Waals surface area contributed by atoms with Crippen LogP contribution in [0.1, 0.15) is 38.2 Å². The molecule has 1 aromatic carbocycles. The topological polar surface area (TPSA) is 29.3 Å². The van der Waals surface area contributed by atoms with Gasteiger partial charge in [-0.3, -0.25) is 4.90 Å². The summed E-state index contributed by atoms with van der Waals surface area (Å²) in [5.41, 5.74) is 6.86. The fourth-order valence-electron chi connectivity index (χ4n) is 3.34. The van der Waals surface area contributed by atoms with Crippen molar-refractivity contribution in [1.29, 1.82) is 0 Å². The van der Waals surface area contributed by atoms with Crippen LogP contribution in [0.15, 0.2) is 18.2 Å². The predicted octanol–water partition coefficient (Wildman–Crippen LogP) is 3.82. The maximum absolute atomic E-state index is 13.4. The minimum Gasteiger partial charge on any atom is -0.330 e. The third-order valence-corrected chi connectivity index (χ3v) is 4.57. The minimum absolute atomic E-state index is 0.262. The van der Waals surface area contributed by atoms with Crippen molar-refractivity contribution in [3.05, 3.63) is 34.6 Å². The van der Waals surface area contributed by atoms with Crippen LogP contribution in [-0.2, 0) is 6.54 Å². The van der Waals surface area contributed by atoms with Crippen LogP contribution in [0, 0.1) is 11.7 Å². The van der Waals surface area contributed by atoms with Gasteiger partial charge in [-0.05, 0) is 55.6 Å². The zero-order valence-electron chi connectivity index (χ0n) is 12.1. The molecule has 4 heteroatoms. The molecule has 2 nitrogen and oxygen atoms in total. The van der Waals surface area contributed by atoms with Crippen LogP contribution in [-0.4, -0.2) is 24.0 Å². The average molecular weight is 299 g/mol. The lowest BCUT2D eigenvalue weighted by Crippen LogP contribution is -2.44. The van der Waals surface area contributed by atoms with Crippen LogP contribution < -0.4 is 5.73 Å². The first-order valence-corrected chi connectivity index (χ1v) is 7.91. The molecule has 0 saturated heterocycles. The second-order valence-corrected chi connectivity index (χ2v) is 6.12. The summed E-state index contributed by atoms with van der Waals surface area (Å²) in [6.45, 7) is 4.60.